The van der Waals surface area contributed by atoms with E-state index in [9.17, 15) is 49.5 Å². The van der Waals surface area contributed by atoms with Gasteiger partial charge in [-0.05, 0) is 150 Å². The third-order valence-electron chi connectivity index (χ3n) is 10.4. The predicted octanol–water partition coefficient (Wildman–Crippen LogP) is 9.19. The van der Waals surface area contributed by atoms with Crippen molar-refractivity contribution >= 4 is 77.5 Å². The number of carbonyl (C=O) groups excluding carboxylic acids is 4. The van der Waals surface area contributed by atoms with Gasteiger partial charge >= 0.3 is 47.0 Å². The Balaban J connectivity index is -0.000000986. The van der Waals surface area contributed by atoms with Gasteiger partial charge in [-0.1, -0.05) is 0 Å². The summed E-state index contributed by atoms with van der Waals surface area (Å²) in [6.07, 6.45) is 7.71. The van der Waals surface area contributed by atoms with E-state index in [1.807, 2.05) is 6.92 Å². The molecule has 91 heavy (non-hydrogen) atoms. The van der Waals surface area contributed by atoms with Crippen molar-refractivity contribution < 1.29 is 125 Å². The van der Waals surface area contributed by atoms with E-state index >= 15 is 0 Å². The summed E-state index contributed by atoms with van der Waals surface area (Å²) in [7, 11) is 6.60. The molecule has 0 aliphatic carbocycles. The molecule has 2 heterocycles. The number of hydrogen-bond acceptors (Lipinski definition) is 26. The summed E-state index contributed by atoms with van der Waals surface area (Å²) < 4.78 is 83.3. The number of aliphatic hydroxyl groups is 1. The first-order chi connectivity index (χ1) is 43.2. The fourth-order valence-corrected chi connectivity index (χ4v) is 6.97. The number of carbonyl (C=O) groups is 5. The van der Waals surface area contributed by atoms with Gasteiger partial charge in [0, 0.05) is 43.6 Å². The minimum atomic E-state index is -4.17. The van der Waals surface area contributed by atoms with Crippen LogP contribution in [0.3, 0.4) is 0 Å². The summed E-state index contributed by atoms with van der Waals surface area (Å²) in [4.78, 5) is 53.4. The maximum atomic E-state index is 11.3. The van der Waals surface area contributed by atoms with Crippen LogP contribution in [0.4, 0.5) is 0 Å². The molecule has 5 aromatic carbocycles. The molecule has 7 rings (SSSR count). The van der Waals surface area contributed by atoms with Crippen molar-refractivity contribution in [3.05, 3.63) is 99.0 Å². The second-order valence-corrected chi connectivity index (χ2v) is 18.9. The maximum absolute atomic E-state index is 11.3. The number of rotatable bonds is 18. The number of nitrogens with zero attached hydrogens (tertiary/aromatic N) is 1. The Kier molecular flexibility index (Phi) is 49.4. The van der Waals surface area contributed by atoms with E-state index in [4.69, 9.17) is 70.6 Å². The fourth-order valence-electron chi connectivity index (χ4n) is 6.51. The van der Waals surface area contributed by atoms with Gasteiger partial charge in [-0.15, -0.1) is 0 Å². The van der Waals surface area contributed by atoms with E-state index in [0.29, 0.717) is 90.7 Å². The number of hydrogen-bond donors (Lipinski definition) is 10. The summed E-state index contributed by atoms with van der Waals surface area (Å²) in [6.45, 7) is 16.1. The van der Waals surface area contributed by atoms with Crippen molar-refractivity contribution in [2.45, 2.75) is 73.3 Å². The number of halogens is 1. The summed E-state index contributed by atoms with van der Waals surface area (Å²) >= 11 is 6.31. The van der Waals surface area contributed by atoms with E-state index < -0.39 is 22.2 Å². The molecule has 5 aromatic rings. The van der Waals surface area contributed by atoms with E-state index in [-0.39, 0.29) is 74.4 Å². The van der Waals surface area contributed by atoms with Crippen LogP contribution in [0.15, 0.2) is 75.5 Å². The molecular formula is C59H83BBrN2O26S2. The van der Waals surface area contributed by atoms with Crippen LogP contribution in [0, 0.1) is 0 Å². The number of aromatic hydroxyl groups is 5. The molecule has 2 fully saturated rings. The van der Waals surface area contributed by atoms with Crippen molar-refractivity contribution in [1.82, 2.24) is 0 Å². The Morgan fingerprint density at radius 3 is 1.27 bits per heavy atom. The molecule has 2 aliphatic heterocycles. The quantitative estimate of drug-likeness (QED) is 0.0128. The van der Waals surface area contributed by atoms with Crippen molar-refractivity contribution in [1.29, 1.82) is 0 Å². The normalized spacial score (nSPS) is 11.8. The van der Waals surface area contributed by atoms with Gasteiger partial charge in [-0.25, -0.2) is 14.7 Å². The number of aliphatic hydroxyl groups excluding tert-OH is 1. The Hall–Kier alpha value is -8.11. The molecule has 1 unspecified atom stereocenters. The topological polar surface area (TPSA) is 421 Å². The number of methoxy groups -OCH3 is 4. The van der Waals surface area contributed by atoms with Crippen LogP contribution in [0.2, 0.25) is 0 Å². The molecule has 1 atom stereocenters. The third kappa shape index (κ3) is 37.6. The summed E-state index contributed by atoms with van der Waals surface area (Å²) in [6, 6.07) is 15.7. The van der Waals surface area contributed by atoms with Crippen LogP contribution in [0.5, 0.6) is 74.7 Å². The van der Waals surface area contributed by atoms with Gasteiger partial charge in [0.2, 0.25) is 17.2 Å². The van der Waals surface area contributed by atoms with Crippen molar-refractivity contribution in [3.8, 4) is 74.7 Å². The molecule has 0 amide bonds. The first-order valence-corrected chi connectivity index (χ1v) is 29.8. The number of esters is 1. The van der Waals surface area contributed by atoms with Gasteiger partial charge in [-0.3, -0.25) is 18.9 Å². The first kappa shape index (κ1) is 87.1. The number of phenols is 5. The van der Waals surface area contributed by atoms with Crippen LogP contribution in [-0.4, -0.2) is 182 Å². The molecule has 32 heteroatoms. The van der Waals surface area contributed by atoms with E-state index in [1.54, 1.807) is 27.7 Å². The van der Waals surface area contributed by atoms with Gasteiger partial charge in [0.25, 0.3) is 0 Å². The van der Waals surface area contributed by atoms with Crippen LogP contribution >= 0.6 is 28.7 Å². The summed E-state index contributed by atoms with van der Waals surface area (Å²) in [5, 5.41) is 67.2. The number of carboxylic acids is 1. The Morgan fingerprint density at radius 1 is 0.604 bits per heavy atom. The summed E-state index contributed by atoms with van der Waals surface area (Å²) in [5.74, 6) is -0.223. The van der Waals surface area contributed by atoms with Crippen molar-refractivity contribution in [3.63, 3.8) is 0 Å². The van der Waals surface area contributed by atoms with Gasteiger partial charge in [0.1, 0.15) is 18.9 Å². The molecule has 2 aliphatic rings. The molecular weight excluding hydrogens is 1310 g/mol. The molecule has 0 spiro atoms. The molecule has 507 valence electrons. The molecule has 1 radical (unpaired) electrons. The molecule has 2 saturated heterocycles. The SMILES string of the molecule is C1CCOC1.CC1CCCO1.CCOc1cc(C(=O)O)cc(OC)c1O.CCOc1cc(C(=O)OC)cc(OC)c1O.CCOc1cc(C=O)cc(Br)c1O.CCOc1cc(C=O)cc(OC)c1O.CCOc1cc(C=O)ccc1O.CO.NS(=O)(=O)O.[B]=NS. The average Bonchev–Trinajstić information content (AvgIpc) is 2.87. The van der Waals surface area contributed by atoms with Gasteiger partial charge < -0.3 is 87.9 Å². The Labute approximate surface area is 544 Å². The number of ether oxygens (including phenoxy) is 11. The van der Waals surface area contributed by atoms with Crippen LogP contribution < -0.4 is 43.0 Å². The van der Waals surface area contributed by atoms with E-state index in [0.717, 1.165) is 26.9 Å². The average molecular weight is 1390 g/mol. The molecule has 10 N–H and O–H groups in total. The Morgan fingerprint density at radius 2 is 0.945 bits per heavy atom. The monoisotopic (exact) mass is 1390 g/mol. The van der Waals surface area contributed by atoms with Crippen molar-refractivity contribution in [2.75, 3.05) is 88.4 Å². The fraction of sp³-hybridized carbons (Fsp3) is 0.407. The number of aromatic carboxylic acids is 1. The van der Waals surface area contributed by atoms with E-state index in [1.165, 1.54) is 121 Å². The first-order valence-electron chi connectivity index (χ1n) is 27.1. The number of carboxylic acid groups (broad SMARTS) is 1. The van der Waals surface area contributed by atoms with Gasteiger partial charge in [-0.2, -0.15) is 8.42 Å². The third-order valence-corrected chi connectivity index (χ3v) is 11.0. The zero-order valence-corrected chi connectivity index (χ0v) is 55.7. The molecule has 0 saturated carbocycles. The van der Waals surface area contributed by atoms with Crippen LogP contribution in [-0.2, 0) is 24.5 Å². The minimum absolute atomic E-state index is 0.00750. The standard InChI is InChI=1S/C11H14O5.C10H12O5.C10H12O4.C9H9BrO3.C9H10O3.C5H10O.C4H8O.CH4O.BHNS.H3NO3S/c1-4-16-9-6-7(11(13)15-3)5-8(14-2)10(9)12;1-3-15-8-5-6(10(12)13)4-7(14-2)9(8)11;1-3-14-9-5-7(6-11)4-8(13-2)10(9)12;1-2-13-8-4-6(5-11)3-7(10)9(8)12;1-2-12-9-5-7(6-10)3-4-8(9)11;1-5-3-2-4-6-5;1-2-4-5-3-1;1-2;1-2-3;1-5(2,3)4/h5-6,12H,4H2,1-3H3;4-5,11H,3H2,1-2H3,(H,12,13);4-6,12H,3H2,1-2H3;3-5,12H,2H2,1H3;3-6,11H,2H2,1H3;5H,2-4H2,1H3;1-4H2;2H,1H3;3H;(H3,1,2,3,4). The second-order valence-electron chi connectivity index (χ2n) is 16.8. The molecule has 0 bridgehead atoms. The Bertz CT molecular complexity index is 3030. The molecule has 28 nitrogen and oxygen atoms in total. The van der Waals surface area contributed by atoms with E-state index in [2.05, 4.69) is 57.5 Å². The number of nitrogens with two attached hydrogens (primary N) is 1. The zero-order valence-electron chi connectivity index (χ0n) is 52.4. The zero-order chi connectivity index (χ0) is 70.1. The van der Waals surface area contributed by atoms with Gasteiger partial charge in [0.15, 0.2) is 57.5 Å². The number of benzene rings is 5. The number of thiol groups is 1. The molecule has 0 aromatic heterocycles. The van der Waals surface area contributed by atoms with Gasteiger partial charge in [0.05, 0.1) is 83.2 Å². The summed E-state index contributed by atoms with van der Waals surface area (Å²) in [5.41, 5.74) is 1.64. The van der Waals surface area contributed by atoms with Crippen molar-refractivity contribution in [2.24, 2.45) is 9.44 Å². The number of aldehydes is 3. The number of phenolic OH excluding ortho intramolecular Hbond substituents is 5. The van der Waals surface area contributed by atoms with Crippen LogP contribution in [0.1, 0.15) is 119 Å². The van der Waals surface area contributed by atoms with Crippen LogP contribution in [0.25, 0.3) is 0 Å². The second kappa shape index (κ2) is 51.6. The predicted molar refractivity (Wildman–Crippen MR) is 344 cm³/mol.